The van der Waals surface area contributed by atoms with Crippen LogP contribution in [0.25, 0.3) is 0 Å². The minimum absolute atomic E-state index is 0.0974. The van der Waals surface area contributed by atoms with Crippen LogP contribution < -0.4 is 32.5 Å². The second-order valence-corrected chi connectivity index (χ2v) is 9.02. The van der Waals surface area contributed by atoms with Crippen molar-refractivity contribution in [3.8, 4) is 5.75 Å². The molecule has 0 spiro atoms. The van der Waals surface area contributed by atoms with Gasteiger partial charge in [-0.15, -0.1) is 0 Å². The number of hydrogen-bond donors (Lipinski definition) is 7. The third-order valence-electron chi connectivity index (χ3n) is 5.66. The zero-order valence-electron chi connectivity index (χ0n) is 22.0. The van der Waals surface area contributed by atoms with Gasteiger partial charge in [0.15, 0.2) is 0 Å². The molecule has 39 heavy (non-hydrogen) atoms. The minimum Gasteiger partial charge on any atom is -0.508 e. The van der Waals surface area contributed by atoms with E-state index in [1.54, 1.807) is 36.4 Å². The molecule has 0 radical (unpaired) electrons. The Morgan fingerprint density at radius 2 is 1.44 bits per heavy atom. The van der Waals surface area contributed by atoms with E-state index in [0.717, 1.165) is 11.1 Å². The summed E-state index contributed by atoms with van der Waals surface area (Å²) in [5.74, 6) is -2.74. The van der Waals surface area contributed by atoms with Gasteiger partial charge in [-0.05, 0) is 36.1 Å². The Hall–Kier alpha value is -4.45. The largest absolute Gasteiger partial charge is 0.508 e. The lowest BCUT2D eigenvalue weighted by Gasteiger charge is -2.21. The number of carbonyl (C=O) groups excluding carboxylic acids is 5. The Morgan fingerprint density at radius 3 is 2.05 bits per heavy atom. The third-order valence-corrected chi connectivity index (χ3v) is 5.66. The second kappa shape index (κ2) is 15.7. The van der Waals surface area contributed by atoms with Gasteiger partial charge in [-0.3, -0.25) is 34.8 Å². The molecule has 0 aliphatic carbocycles. The van der Waals surface area contributed by atoms with Crippen LogP contribution >= 0.6 is 0 Å². The Kier molecular flexibility index (Phi) is 12.4. The van der Waals surface area contributed by atoms with Crippen molar-refractivity contribution in [2.24, 2.45) is 5.73 Å². The summed E-state index contributed by atoms with van der Waals surface area (Å²) in [6.45, 7) is 2.64. The van der Waals surface area contributed by atoms with Crippen LogP contribution in [-0.4, -0.2) is 59.3 Å². The molecule has 0 saturated carbocycles. The average molecular weight is 541 g/mol. The summed E-state index contributed by atoms with van der Waals surface area (Å²) in [7, 11) is 0. The monoisotopic (exact) mass is 540 g/mol. The highest BCUT2D eigenvalue weighted by Gasteiger charge is 2.25. The summed E-state index contributed by atoms with van der Waals surface area (Å²) in [5.41, 5.74) is 12.0. The molecule has 0 aliphatic rings. The Bertz CT molecular complexity index is 1130. The van der Waals surface area contributed by atoms with Gasteiger partial charge in [-0.2, -0.15) is 0 Å². The van der Waals surface area contributed by atoms with E-state index in [2.05, 4.69) is 26.8 Å². The van der Waals surface area contributed by atoms with E-state index in [1.165, 1.54) is 19.1 Å². The maximum absolute atomic E-state index is 12.8. The fourth-order valence-corrected chi connectivity index (χ4v) is 3.65. The number of benzene rings is 2. The SMILES string of the molecule is CCC[C@@H](NC(=O)[C@@H](N)Cc1ccc(O)cc1)C(=O)NCC(=O)N[C@@H](Cc1ccccc1)C(=O)NNC(C)=O. The smallest absolute Gasteiger partial charge is 0.261 e. The van der Waals surface area contributed by atoms with Crippen molar-refractivity contribution < 1.29 is 29.1 Å². The van der Waals surface area contributed by atoms with Crippen molar-refractivity contribution in [2.45, 2.75) is 57.7 Å². The first kappa shape index (κ1) is 30.8. The predicted octanol–water partition coefficient (Wildman–Crippen LogP) is -0.442. The lowest BCUT2D eigenvalue weighted by atomic mass is 10.0. The zero-order valence-corrected chi connectivity index (χ0v) is 22.0. The summed E-state index contributed by atoms with van der Waals surface area (Å²) in [6, 6.07) is 12.4. The van der Waals surface area contributed by atoms with Crippen LogP contribution in [-0.2, 0) is 36.8 Å². The highest BCUT2D eigenvalue weighted by molar-refractivity contribution is 5.93. The van der Waals surface area contributed by atoms with Crippen LogP contribution in [0.4, 0.5) is 0 Å². The fourth-order valence-electron chi connectivity index (χ4n) is 3.65. The van der Waals surface area contributed by atoms with Crippen molar-refractivity contribution in [3.63, 3.8) is 0 Å². The highest BCUT2D eigenvalue weighted by Crippen LogP contribution is 2.11. The highest BCUT2D eigenvalue weighted by atomic mass is 16.3. The number of phenols is 1. The number of aromatic hydroxyl groups is 1. The maximum Gasteiger partial charge on any atom is 0.261 e. The number of nitrogens with one attached hydrogen (secondary N) is 5. The van der Waals surface area contributed by atoms with E-state index >= 15 is 0 Å². The van der Waals surface area contributed by atoms with Crippen molar-refractivity contribution in [2.75, 3.05) is 6.54 Å². The third kappa shape index (κ3) is 11.2. The minimum atomic E-state index is -1.02. The first-order valence-corrected chi connectivity index (χ1v) is 12.6. The molecule has 0 heterocycles. The normalized spacial score (nSPS) is 12.8. The number of phenolic OH excluding ortho intramolecular Hbond substituents is 1. The molecule has 210 valence electrons. The summed E-state index contributed by atoms with van der Waals surface area (Å²) in [5, 5.41) is 17.1. The van der Waals surface area contributed by atoms with Crippen LogP contribution in [0.5, 0.6) is 5.75 Å². The molecule has 0 saturated heterocycles. The maximum atomic E-state index is 12.8. The molecule has 0 fully saturated rings. The molecule has 3 atom stereocenters. The number of hydrazine groups is 1. The van der Waals surface area contributed by atoms with E-state index in [9.17, 15) is 29.1 Å². The molecule has 2 aromatic carbocycles. The number of rotatable bonds is 13. The lowest BCUT2D eigenvalue weighted by molar-refractivity contribution is -0.133. The van der Waals surface area contributed by atoms with Crippen LogP contribution in [0, 0.1) is 0 Å². The standard InChI is InChI=1S/C27H36N6O6/c1-3-7-22(31-25(37)21(28)14-19-10-12-20(35)13-11-19)26(38)29-16-24(36)30-23(27(39)33-32-17(2)34)15-18-8-5-4-6-9-18/h4-6,8-13,21-23,35H,3,7,14-16,28H2,1-2H3,(H,29,38)(H,30,36)(H,31,37)(H,32,34)(H,33,39)/t21-,22+,23-/m0/s1. The molecular formula is C27H36N6O6. The molecule has 12 heteroatoms. The molecule has 8 N–H and O–H groups in total. The van der Waals surface area contributed by atoms with Crippen molar-refractivity contribution >= 4 is 29.5 Å². The predicted molar refractivity (Wildman–Crippen MR) is 144 cm³/mol. The molecule has 5 amide bonds. The van der Waals surface area contributed by atoms with Crippen molar-refractivity contribution in [1.29, 1.82) is 0 Å². The van der Waals surface area contributed by atoms with Crippen LogP contribution in [0.15, 0.2) is 54.6 Å². The summed E-state index contributed by atoms with van der Waals surface area (Å²) < 4.78 is 0. The van der Waals surface area contributed by atoms with Gasteiger partial charge in [0, 0.05) is 13.3 Å². The quantitative estimate of drug-likeness (QED) is 0.167. The lowest BCUT2D eigenvalue weighted by Crippen LogP contribution is -2.55. The first-order valence-electron chi connectivity index (χ1n) is 12.6. The average Bonchev–Trinajstić information content (AvgIpc) is 2.91. The molecule has 0 aromatic heterocycles. The van der Waals surface area contributed by atoms with Crippen LogP contribution in [0.3, 0.4) is 0 Å². The number of carbonyl (C=O) groups is 5. The Morgan fingerprint density at radius 1 is 0.795 bits per heavy atom. The summed E-state index contributed by atoms with van der Waals surface area (Å²) in [4.78, 5) is 61.7. The van der Waals surface area contributed by atoms with E-state index in [-0.39, 0.29) is 18.6 Å². The molecule has 2 aromatic rings. The topological polar surface area (TPSA) is 192 Å². The first-order chi connectivity index (χ1) is 18.6. The van der Waals surface area contributed by atoms with Crippen LogP contribution in [0.2, 0.25) is 0 Å². The Labute approximate surface area is 227 Å². The van der Waals surface area contributed by atoms with Gasteiger partial charge in [0.1, 0.15) is 17.8 Å². The molecule has 0 aliphatic heterocycles. The van der Waals surface area contributed by atoms with E-state index in [1.807, 2.05) is 13.0 Å². The van der Waals surface area contributed by atoms with Gasteiger partial charge in [-0.25, -0.2) is 0 Å². The van der Waals surface area contributed by atoms with Gasteiger partial charge >= 0.3 is 0 Å². The van der Waals surface area contributed by atoms with E-state index in [0.29, 0.717) is 12.8 Å². The fraction of sp³-hybridized carbons (Fsp3) is 0.370. The van der Waals surface area contributed by atoms with Gasteiger partial charge in [-0.1, -0.05) is 55.8 Å². The second-order valence-electron chi connectivity index (χ2n) is 9.02. The van der Waals surface area contributed by atoms with Gasteiger partial charge in [0.2, 0.25) is 23.6 Å². The van der Waals surface area contributed by atoms with Gasteiger partial charge in [0.05, 0.1) is 12.6 Å². The Balaban J connectivity index is 1.94. The van der Waals surface area contributed by atoms with Gasteiger partial charge in [0.25, 0.3) is 5.91 Å². The number of hydrogen-bond acceptors (Lipinski definition) is 7. The molecule has 0 bridgehead atoms. The van der Waals surface area contributed by atoms with Crippen molar-refractivity contribution in [1.82, 2.24) is 26.8 Å². The van der Waals surface area contributed by atoms with E-state index < -0.39 is 54.2 Å². The van der Waals surface area contributed by atoms with Crippen molar-refractivity contribution in [3.05, 3.63) is 65.7 Å². The number of amides is 5. The molecular weight excluding hydrogens is 504 g/mol. The van der Waals surface area contributed by atoms with Gasteiger partial charge < -0.3 is 26.8 Å². The number of nitrogens with two attached hydrogens (primary N) is 1. The summed E-state index contributed by atoms with van der Waals surface area (Å²) >= 11 is 0. The molecule has 2 rings (SSSR count). The molecule has 0 unspecified atom stereocenters. The van der Waals surface area contributed by atoms with E-state index in [4.69, 9.17) is 5.73 Å². The molecule has 12 nitrogen and oxygen atoms in total. The van der Waals surface area contributed by atoms with Crippen LogP contribution in [0.1, 0.15) is 37.8 Å². The zero-order chi connectivity index (χ0) is 28.8. The summed E-state index contributed by atoms with van der Waals surface area (Å²) in [6.07, 6.45) is 1.26.